The molecule has 2 aromatic carbocycles. The van der Waals surface area contributed by atoms with Gasteiger partial charge in [-0.15, -0.1) is 12.4 Å². The number of aromatic nitrogens is 2. The van der Waals surface area contributed by atoms with Crippen LogP contribution in [0.2, 0.25) is 0 Å². The molecule has 0 atom stereocenters. The van der Waals surface area contributed by atoms with Gasteiger partial charge in [-0.25, -0.2) is 4.68 Å². The van der Waals surface area contributed by atoms with Crippen molar-refractivity contribution in [3.63, 3.8) is 0 Å². The highest BCUT2D eigenvalue weighted by Crippen LogP contribution is 2.20. The fraction of sp³-hybridized carbons (Fsp3) is 0.333. The fourth-order valence-electron chi connectivity index (χ4n) is 3.94. The Hall–Kier alpha value is -2.63. The first-order chi connectivity index (χ1) is 14.0. The third kappa shape index (κ3) is 4.58. The van der Waals surface area contributed by atoms with Gasteiger partial charge < -0.3 is 4.90 Å². The van der Waals surface area contributed by atoms with Gasteiger partial charge in [0.25, 0.3) is 5.91 Å². The molecule has 1 aliphatic heterocycles. The van der Waals surface area contributed by atoms with Crippen LogP contribution in [0.15, 0.2) is 54.6 Å². The maximum Gasteiger partial charge on any atom is 0.253 e. The number of hydrogen-bond donors (Lipinski definition) is 0. The zero-order valence-corrected chi connectivity index (χ0v) is 18.7. The Bertz CT molecular complexity index is 990. The van der Waals surface area contributed by atoms with Crippen molar-refractivity contribution < 1.29 is 4.79 Å². The summed E-state index contributed by atoms with van der Waals surface area (Å²) >= 11 is 0. The standard InChI is InChI=1S/C24H28N4O.ClH/c1-18-9-11-21(12-10-18)24(29)27-15-13-26(14-16-27)17-23-19(2)25-28(20(23)3)22-7-5-4-6-8-22;/h4-12H,13-17H2,1-3H3;1H. The Morgan fingerprint density at radius 3 is 2.17 bits per heavy atom. The van der Waals surface area contributed by atoms with Crippen LogP contribution in [0.4, 0.5) is 0 Å². The molecule has 1 fully saturated rings. The minimum Gasteiger partial charge on any atom is -0.336 e. The van der Waals surface area contributed by atoms with Gasteiger partial charge in [0.05, 0.1) is 11.4 Å². The van der Waals surface area contributed by atoms with Gasteiger partial charge >= 0.3 is 0 Å². The van der Waals surface area contributed by atoms with E-state index in [1.54, 1.807) is 0 Å². The predicted molar refractivity (Wildman–Crippen MR) is 123 cm³/mol. The van der Waals surface area contributed by atoms with Crippen LogP contribution in [0.25, 0.3) is 5.69 Å². The van der Waals surface area contributed by atoms with Crippen LogP contribution in [0.1, 0.15) is 32.9 Å². The van der Waals surface area contributed by atoms with Gasteiger partial charge in [0, 0.05) is 49.5 Å². The molecule has 3 aromatic rings. The third-order valence-corrected chi connectivity index (χ3v) is 5.78. The summed E-state index contributed by atoms with van der Waals surface area (Å²) in [6.07, 6.45) is 0. The van der Waals surface area contributed by atoms with E-state index in [1.165, 1.54) is 16.8 Å². The molecule has 5 nitrogen and oxygen atoms in total. The molecular formula is C24H29ClN4O. The Balaban J connectivity index is 0.00000256. The van der Waals surface area contributed by atoms with Crippen molar-refractivity contribution in [3.05, 3.63) is 82.7 Å². The van der Waals surface area contributed by atoms with E-state index in [0.29, 0.717) is 0 Å². The Morgan fingerprint density at radius 2 is 1.53 bits per heavy atom. The number of aryl methyl sites for hydroxylation is 2. The van der Waals surface area contributed by atoms with E-state index in [4.69, 9.17) is 5.10 Å². The van der Waals surface area contributed by atoms with E-state index in [2.05, 4.69) is 30.9 Å². The number of para-hydroxylation sites is 1. The van der Waals surface area contributed by atoms with E-state index in [1.807, 2.05) is 59.0 Å². The molecule has 0 N–H and O–H groups in total. The van der Waals surface area contributed by atoms with Crippen LogP contribution in [0, 0.1) is 20.8 Å². The summed E-state index contributed by atoms with van der Waals surface area (Å²) < 4.78 is 2.03. The lowest BCUT2D eigenvalue weighted by Gasteiger charge is -2.34. The summed E-state index contributed by atoms with van der Waals surface area (Å²) in [6.45, 7) is 10.4. The first-order valence-corrected chi connectivity index (χ1v) is 10.2. The molecule has 1 aliphatic rings. The fourth-order valence-corrected chi connectivity index (χ4v) is 3.94. The molecule has 0 unspecified atom stereocenters. The lowest BCUT2D eigenvalue weighted by molar-refractivity contribution is 0.0628. The smallest absolute Gasteiger partial charge is 0.253 e. The minimum absolute atomic E-state index is 0. The van der Waals surface area contributed by atoms with Crippen molar-refractivity contribution in [2.75, 3.05) is 26.2 Å². The molecule has 0 bridgehead atoms. The van der Waals surface area contributed by atoms with E-state index in [0.717, 1.165) is 49.7 Å². The highest BCUT2D eigenvalue weighted by Gasteiger charge is 2.24. The second-order valence-electron chi connectivity index (χ2n) is 7.83. The minimum atomic E-state index is 0. The van der Waals surface area contributed by atoms with Gasteiger partial charge in [0.2, 0.25) is 0 Å². The van der Waals surface area contributed by atoms with E-state index >= 15 is 0 Å². The number of carbonyl (C=O) groups excluding carboxylic acids is 1. The molecule has 0 aliphatic carbocycles. The summed E-state index contributed by atoms with van der Waals surface area (Å²) in [6, 6.07) is 18.1. The van der Waals surface area contributed by atoms with Crippen molar-refractivity contribution >= 4 is 18.3 Å². The average Bonchev–Trinajstić information content (AvgIpc) is 3.03. The predicted octanol–water partition coefficient (Wildman–Crippen LogP) is 4.18. The molecule has 6 heteroatoms. The summed E-state index contributed by atoms with van der Waals surface area (Å²) in [5.74, 6) is 0.133. The Kier molecular flexibility index (Phi) is 6.95. The molecule has 158 valence electrons. The summed E-state index contributed by atoms with van der Waals surface area (Å²) in [4.78, 5) is 17.1. The molecule has 1 aromatic heterocycles. The van der Waals surface area contributed by atoms with Crippen LogP contribution in [0.5, 0.6) is 0 Å². The Morgan fingerprint density at radius 1 is 0.900 bits per heavy atom. The molecule has 0 saturated carbocycles. The number of halogens is 1. The monoisotopic (exact) mass is 424 g/mol. The van der Waals surface area contributed by atoms with Gasteiger partial charge in [-0.1, -0.05) is 35.9 Å². The van der Waals surface area contributed by atoms with Gasteiger partial charge in [-0.2, -0.15) is 5.10 Å². The topological polar surface area (TPSA) is 41.4 Å². The summed E-state index contributed by atoms with van der Waals surface area (Å²) in [5.41, 5.74) is 6.59. The molecular weight excluding hydrogens is 396 g/mol. The normalized spacial score (nSPS) is 14.4. The van der Waals surface area contributed by atoms with Crippen molar-refractivity contribution in [1.82, 2.24) is 19.6 Å². The van der Waals surface area contributed by atoms with Crippen LogP contribution in [0.3, 0.4) is 0 Å². The van der Waals surface area contributed by atoms with Crippen LogP contribution >= 0.6 is 12.4 Å². The number of piperazine rings is 1. The zero-order chi connectivity index (χ0) is 20.4. The molecule has 1 amide bonds. The first kappa shape index (κ1) is 22.1. The van der Waals surface area contributed by atoms with E-state index < -0.39 is 0 Å². The van der Waals surface area contributed by atoms with Crippen molar-refractivity contribution in [1.29, 1.82) is 0 Å². The number of nitrogens with zero attached hydrogens (tertiary/aromatic N) is 4. The van der Waals surface area contributed by atoms with Crippen molar-refractivity contribution in [3.8, 4) is 5.69 Å². The molecule has 30 heavy (non-hydrogen) atoms. The molecule has 0 spiro atoms. The van der Waals surface area contributed by atoms with Crippen molar-refractivity contribution in [2.24, 2.45) is 0 Å². The third-order valence-electron chi connectivity index (χ3n) is 5.78. The van der Waals surface area contributed by atoms with E-state index in [-0.39, 0.29) is 18.3 Å². The maximum atomic E-state index is 12.7. The summed E-state index contributed by atoms with van der Waals surface area (Å²) in [7, 11) is 0. The van der Waals surface area contributed by atoms with Gasteiger partial charge in [0.1, 0.15) is 0 Å². The number of carbonyl (C=O) groups is 1. The highest BCUT2D eigenvalue weighted by molar-refractivity contribution is 5.94. The lowest BCUT2D eigenvalue weighted by atomic mass is 10.1. The number of amides is 1. The van der Waals surface area contributed by atoms with Crippen LogP contribution < -0.4 is 0 Å². The largest absolute Gasteiger partial charge is 0.336 e. The lowest BCUT2D eigenvalue weighted by Crippen LogP contribution is -2.48. The van der Waals surface area contributed by atoms with Gasteiger partial charge in [0.15, 0.2) is 0 Å². The maximum absolute atomic E-state index is 12.7. The highest BCUT2D eigenvalue weighted by atomic mass is 35.5. The average molecular weight is 425 g/mol. The second-order valence-corrected chi connectivity index (χ2v) is 7.83. The van der Waals surface area contributed by atoms with Crippen LogP contribution in [-0.4, -0.2) is 51.7 Å². The van der Waals surface area contributed by atoms with Crippen molar-refractivity contribution in [2.45, 2.75) is 27.3 Å². The van der Waals surface area contributed by atoms with Gasteiger partial charge in [-0.05, 0) is 45.0 Å². The van der Waals surface area contributed by atoms with E-state index in [9.17, 15) is 4.79 Å². The Labute approximate surface area is 184 Å². The number of benzene rings is 2. The number of hydrogen-bond acceptors (Lipinski definition) is 3. The molecule has 2 heterocycles. The molecule has 4 rings (SSSR count). The number of rotatable bonds is 4. The zero-order valence-electron chi connectivity index (χ0n) is 17.8. The SMILES string of the molecule is Cc1ccc(C(=O)N2CCN(Cc3c(C)nn(-c4ccccc4)c3C)CC2)cc1.Cl. The second kappa shape index (κ2) is 9.45. The van der Waals surface area contributed by atoms with Crippen LogP contribution in [-0.2, 0) is 6.54 Å². The molecule has 1 saturated heterocycles. The quantitative estimate of drug-likeness (QED) is 0.631. The van der Waals surface area contributed by atoms with Gasteiger partial charge in [-0.3, -0.25) is 9.69 Å². The molecule has 0 radical (unpaired) electrons. The first-order valence-electron chi connectivity index (χ1n) is 10.2. The summed E-state index contributed by atoms with van der Waals surface area (Å²) in [5, 5.41) is 4.76.